The molecule has 2 N–H and O–H groups in total. The summed E-state index contributed by atoms with van der Waals surface area (Å²) in [4.78, 5) is 0. The summed E-state index contributed by atoms with van der Waals surface area (Å²) in [7, 11) is 1.51. The number of nitrogens with zero attached hydrogens (tertiary/aromatic N) is 1. The van der Waals surface area contributed by atoms with E-state index in [1.54, 1.807) is 42.5 Å². The largest absolute Gasteiger partial charge is 0.493 e. The van der Waals surface area contributed by atoms with Gasteiger partial charge in [-0.1, -0.05) is 24.3 Å². The highest BCUT2D eigenvalue weighted by atomic mass is 19.1. The molecule has 0 bridgehead atoms. The molecule has 0 spiro atoms. The number of methoxy groups -OCH3 is 1. The van der Waals surface area contributed by atoms with Gasteiger partial charge in [0, 0.05) is 17.2 Å². The van der Waals surface area contributed by atoms with Gasteiger partial charge >= 0.3 is 0 Å². The highest BCUT2D eigenvalue weighted by molar-refractivity contribution is 5.62. The summed E-state index contributed by atoms with van der Waals surface area (Å²) in [5.41, 5.74) is 8.23. The second-order valence-corrected chi connectivity index (χ2v) is 7.46. The molecule has 1 atom stereocenters. The van der Waals surface area contributed by atoms with E-state index in [4.69, 9.17) is 29.4 Å². The van der Waals surface area contributed by atoms with Crippen molar-refractivity contribution in [3.63, 3.8) is 0 Å². The molecular formula is C25H19FN2O5. The van der Waals surface area contributed by atoms with E-state index in [9.17, 15) is 9.65 Å². The van der Waals surface area contributed by atoms with Gasteiger partial charge in [0.15, 0.2) is 23.0 Å². The number of fused-ring (bicyclic) bond motifs is 2. The Morgan fingerprint density at radius 1 is 1.06 bits per heavy atom. The average molecular weight is 446 g/mol. The molecule has 8 heteroatoms. The molecular weight excluding hydrogens is 427 g/mol. The molecule has 3 aromatic carbocycles. The predicted octanol–water partition coefficient (Wildman–Crippen LogP) is 4.36. The summed E-state index contributed by atoms with van der Waals surface area (Å²) in [6.07, 6.45) is 0. The van der Waals surface area contributed by atoms with Crippen molar-refractivity contribution in [1.82, 2.24) is 0 Å². The van der Waals surface area contributed by atoms with E-state index in [0.717, 1.165) is 5.56 Å². The zero-order chi connectivity index (χ0) is 22.9. The second-order valence-electron chi connectivity index (χ2n) is 7.46. The zero-order valence-electron chi connectivity index (χ0n) is 17.6. The van der Waals surface area contributed by atoms with Crippen LogP contribution in [0.4, 0.5) is 4.39 Å². The van der Waals surface area contributed by atoms with E-state index in [1.165, 1.54) is 13.2 Å². The number of nitriles is 1. The van der Waals surface area contributed by atoms with Crippen LogP contribution in [0, 0.1) is 17.1 Å². The first kappa shape index (κ1) is 20.5. The Morgan fingerprint density at radius 2 is 1.85 bits per heavy atom. The van der Waals surface area contributed by atoms with Crippen molar-refractivity contribution >= 4 is 0 Å². The van der Waals surface area contributed by atoms with Crippen LogP contribution >= 0.6 is 0 Å². The van der Waals surface area contributed by atoms with Crippen molar-refractivity contribution in [1.29, 1.82) is 5.26 Å². The number of hydrogen-bond acceptors (Lipinski definition) is 7. The van der Waals surface area contributed by atoms with Crippen LogP contribution in [0.25, 0.3) is 0 Å². The lowest BCUT2D eigenvalue weighted by Crippen LogP contribution is -2.21. The molecule has 2 heterocycles. The fourth-order valence-corrected chi connectivity index (χ4v) is 3.94. The standard InChI is InChI=1S/C25H19FN2O5/c1-29-21-8-14(6-7-19(21)30-12-15-4-2-3-5-18(15)26)24-16-9-22-23(32-13-31-22)10-20(16)33-25(28)17(24)11-27/h2-10,24H,12-13,28H2,1H3. The minimum absolute atomic E-state index is 0.0210. The minimum atomic E-state index is -0.511. The van der Waals surface area contributed by atoms with E-state index >= 15 is 0 Å². The molecule has 0 radical (unpaired) electrons. The Morgan fingerprint density at radius 3 is 2.61 bits per heavy atom. The van der Waals surface area contributed by atoms with E-state index in [-0.39, 0.29) is 30.7 Å². The molecule has 2 aliphatic rings. The third-order valence-corrected chi connectivity index (χ3v) is 5.57. The Bertz CT molecular complexity index is 1310. The van der Waals surface area contributed by atoms with Crippen LogP contribution < -0.4 is 29.4 Å². The molecule has 0 fully saturated rings. The van der Waals surface area contributed by atoms with Gasteiger partial charge in [-0.3, -0.25) is 0 Å². The van der Waals surface area contributed by atoms with Crippen LogP contribution in [0.3, 0.4) is 0 Å². The molecule has 33 heavy (non-hydrogen) atoms. The van der Waals surface area contributed by atoms with Crippen molar-refractivity contribution in [3.05, 3.63) is 88.6 Å². The van der Waals surface area contributed by atoms with Crippen LogP contribution in [0.2, 0.25) is 0 Å². The highest BCUT2D eigenvalue weighted by Crippen LogP contribution is 2.48. The maximum atomic E-state index is 13.9. The molecule has 5 rings (SSSR count). The smallest absolute Gasteiger partial charge is 0.231 e. The number of benzene rings is 3. The van der Waals surface area contributed by atoms with Gasteiger partial charge in [0.25, 0.3) is 0 Å². The normalized spacial score (nSPS) is 16.0. The summed E-state index contributed by atoms with van der Waals surface area (Å²) in [6.45, 7) is 0.154. The van der Waals surface area contributed by atoms with Crippen molar-refractivity contribution in [2.45, 2.75) is 12.5 Å². The monoisotopic (exact) mass is 446 g/mol. The number of rotatable bonds is 5. The van der Waals surface area contributed by atoms with Crippen molar-refractivity contribution in [2.75, 3.05) is 13.9 Å². The molecule has 3 aromatic rings. The molecule has 0 saturated heterocycles. The maximum Gasteiger partial charge on any atom is 0.231 e. The lowest BCUT2D eigenvalue weighted by molar-refractivity contribution is 0.174. The quantitative estimate of drug-likeness (QED) is 0.622. The fourth-order valence-electron chi connectivity index (χ4n) is 3.94. The van der Waals surface area contributed by atoms with Gasteiger partial charge in [-0.15, -0.1) is 0 Å². The number of ether oxygens (including phenoxy) is 5. The van der Waals surface area contributed by atoms with Gasteiger partial charge in [-0.25, -0.2) is 4.39 Å². The SMILES string of the molecule is COc1cc(C2C(C#N)=C(N)Oc3cc4c(cc32)OCO4)ccc1OCc1ccccc1F. The molecule has 0 amide bonds. The molecule has 166 valence electrons. The molecule has 2 aliphatic heterocycles. The first-order valence-corrected chi connectivity index (χ1v) is 10.1. The molecule has 7 nitrogen and oxygen atoms in total. The molecule has 1 unspecified atom stereocenters. The Labute approximate surface area is 189 Å². The van der Waals surface area contributed by atoms with E-state index < -0.39 is 5.92 Å². The van der Waals surface area contributed by atoms with Crippen LogP contribution in [0.5, 0.6) is 28.7 Å². The predicted molar refractivity (Wildman–Crippen MR) is 116 cm³/mol. The number of hydrogen-bond donors (Lipinski definition) is 1. The summed E-state index contributed by atoms with van der Waals surface area (Å²) >= 11 is 0. The van der Waals surface area contributed by atoms with Crippen LogP contribution in [-0.4, -0.2) is 13.9 Å². The lowest BCUT2D eigenvalue weighted by Gasteiger charge is -2.27. The highest BCUT2D eigenvalue weighted by Gasteiger charge is 2.33. The Kier molecular flexibility index (Phi) is 5.15. The van der Waals surface area contributed by atoms with Crippen molar-refractivity contribution in [2.24, 2.45) is 5.73 Å². The molecule has 0 aliphatic carbocycles. The van der Waals surface area contributed by atoms with Crippen molar-refractivity contribution in [3.8, 4) is 34.8 Å². The third kappa shape index (κ3) is 3.64. The third-order valence-electron chi connectivity index (χ3n) is 5.57. The zero-order valence-corrected chi connectivity index (χ0v) is 17.6. The maximum absolute atomic E-state index is 13.9. The number of allylic oxidation sites excluding steroid dienone is 1. The number of halogens is 1. The summed E-state index contributed by atoms with van der Waals surface area (Å²) in [5.74, 6) is 1.65. The second kappa shape index (κ2) is 8.28. The van der Waals surface area contributed by atoms with Gasteiger partial charge in [0.1, 0.15) is 29.8 Å². The molecule has 0 saturated carbocycles. The van der Waals surface area contributed by atoms with E-state index in [1.807, 2.05) is 6.07 Å². The van der Waals surface area contributed by atoms with Gasteiger partial charge in [0.2, 0.25) is 12.7 Å². The topological polar surface area (TPSA) is 96.0 Å². The van der Waals surface area contributed by atoms with Gasteiger partial charge < -0.3 is 29.4 Å². The van der Waals surface area contributed by atoms with Crippen molar-refractivity contribution < 1.29 is 28.1 Å². The summed E-state index contributed by atoms with van der Waals surface area (Å²) in [6, 6.07) is 17.4. The van der Waals surface area contributed by atoms with Gasteiger partial charge in [0.05, 0.1) is 13.0 Å². The molecule has 0 aromatic heterocycles. The Hall–Kier alpha value is -4.38. The average Bonchev–Trinajstić information content (AvgIpc) is 3.28. The lowest BCUT2D eigenvalue weighted by atomic mass is 9.83. The summed E-state index contributed by atoms with van der Waals surface area (Å²) < 4.78 is 41.9. The number of nitrogens with two attached hydrogens (primary N) is 1. The van der Waals surface area contributed by atoms with E-state index in [2.05, 4.69) is 6.07 Å². The summed E-state index contributed by atoms with van der Waals surface area (Å²) in [5, 5.41) is 9.81. The fraction of sp³-hybridized carbons (Fsp3) is 0.160. The van der Waals surface area contributed by atoms with Crippen LogP contribution in [0.15, 0.2) is 66.1 Å². The van der Waals surface area contributed by atoms with Crippen LogP contribution in [0.1, 0.15) is 22.6 Å². The van der Waals surface area contributed by atoms with E-state index in [0.29, 0.717) is 39.9 Å². The first-order chi connectivity index (χ1) is 16.1. The Balaban J connectivity index is 1.52. The first-order valence-electron chi connectivity index (χ1n) is 10.1. The van der Waals surface area contributed by atoms with Gasteiger partial charge in [-0.05, 0) is 29.8 Å². The van der Waals surface area contributed by atoms with Gasteiger partial charge in [-0.2, -0.15) is 5.26 Å². The minimum Gasteiger partial charge on any atom is -0.493 e. The van der Waals surface area contributed by atoms with Crippen LogP contribution in [-0.2, 0) is 6.61 Å².